The lowest BCUT2D eigenvalue weighted by Gasteiger charge is -2.04. The van der Waals surface area contributed by atoms with Crippen molar-refractivity contribution in [3.05, 3.63) is 40.2 Å². The first-order chi connectivity index (χ1) is 10.3. The fourth-order valence-electron chi connectivity index (χ4n) is 3.21. The fraction of sp³-hybridized carbons (Fsp3) is 0.500. The van der Waals surface area contributed by atoms with Gasteiger partial charge in [-0.3, -0.25) is 0 Å². The maximum atomic E-state index is 5.04. The highest BCUT2D eigenvalue weighted by Gasteiger charge is 2.26. The van der Waals surface area contributed by atoms with E-state index < -0.39 is 0 Å². The number of rotatable bonds is 5. The number of hydrogen-bond acceptors (Lipinski definition) is 3. The lowest BCUT2D eigenvalue weighted by molar-refractivity contribution is 0.596. The molecular weight excluding hydrogens is 276 g/mol. The van der Waals surface area contributed by atoms with Gasteiger partial charge < -0.3 is 5.32 Å². The summed E-state index contributed by atoms with van der Waals surface area (Å²) in [4.78, 5) is 6.48. The number of aromatic nitrogens is 1. The molecule has 0 radical (unpaired) electrons. The topological polar surface area (TPSA) is 24.9 Å². The van der Waals surface area contributed by atoms with E-state index >= 15 is 0 Å². The van der Waals surface area contributed by atoms with Gasteiger partial charge in [0.1, 0.15) is 0 Å². The third-order valence-electron chi connectivity index (χ3n) is 4.41. The molecule has 1 aromatic heterocycles. The molecule has 1 aromatic carbocycles. The van der Waals surface area contributed by atoms with E-state index in [0.29, 0.717) is 5.92 Å². The monoisotopic (exact) mass is 300 g/mol. The van der Waals surface area contributed by atoms with Gasteiger partial charge in [0.25, 0.3) is 0 Å². The molecule has 2 aromatic rings. The van der Waals surface area contributed by atoms with Crippen LogP contribution in [0.25, 0.3) is 11.3 Å². The highest BCUT2D eigenvalue weighted by atomic mass is 32.1. The average molecular weight is 300 g/mol. The Hall–Kier alpha value is -1.19. The highest BCUT2D eigenvalue weighted by Crippen LogP contribution is 2.41. The molecule has 0 bridgehead atoms. The summed E-state index contributed by atoms with van der Waals surface area (Å²) in [5.41, 5.74) is 2.47. The third kappa shape index (κ3) is 3.35. The van der Waals surface area contributed by atoms with Gasteiger partial charge in [0, 0.05) is 16.4 Å². The summed E-state index contributed by atoms with van der Waals surface area (Å²) in [5, 5.41) is 4.62. The number of thiazole rings is 1. The normalized spacial score (nSPS) is 21.8. The minimum absolute atomic E-state index is 0.691. The first-order valence-corrected chi connectivity index (χ1v) is 8.79. The van der Waals surface area contributed by atoms with Crippen molar-refractivity contribution in [1.29, 1.82) is 0 Å². The molecule has 1 aliphatic rings. The van der Waals surface area contributed by atoms with Crippen LogP contribution in [-0.4, -0.2) is 18.6 Å². The van der Waals surface area contributed by atoms with Crippen LogP contribution in [0.5, 0.6) is 0 Å². The van der Waals surface area contributed by atoms with Gasteiger partial charge in [-0.05, 0) is 38.8 Å². The molecule has 0 saturated heterocycles. The lowest BCUT2D eigenvalue weighted by atomic mass is 10.1. The standard InChI is InChI=1S/C18H24N2S/c1-13-8-9-15(12-13)18-20-17(14-6-4-3-5-7-14)16(21-18)10-11-19-2/h3-7,13,15,19H,8-12H2,1-2H3. The summed E-state index contributed by atoms with van der Waals surface area (Å²) in [5.74, 6) is 1.55. The summed E-state index contributed by atoms with van der Waals surface area (Å²) in [6.07, 6.45) is 5.05. The molecule has 1 saturated carbocycles. The first kappa shape index (κ1) is 14.7. The van der Waals surface area contributed by atoms with Crippen LogP contribution < -0.4 is 5.32 Å². The Morgan fingerprint density at radius 2 is 2.05 bits per heavy atom. The molecule has 1 heterocycles. The minimum Gasteiger partial charge on any atom is -0.319 e. The summed E-state index contributed by atoms with van der Waals surface area (Å²) in [6.45, 7) is 3.39. The molecule has 112 valence electrons. The van der Waals surface area contributed by atoms with Gasteiger partial charge in [-0.1, -0.05) is 43.7 Å². The molecule has 1 fully saturated rings. The Bertz CT molecular complexity index is 576. The van der Waals surface area contributed by atoms with Crippen molar-refractivity contribution in [3.63, 3.8) is 0 Å². The number of nitrogens with one attached hydrogen (secondary N) is 1. The van der Waals surface area contributed by atoms with Crippen molar-refractivity contribution in [2.75, 3.05) is 13.6 Å². The van der Waals surface area contributed by atoms with Crippen LogP contribution in [0.15, 0.2) is 30.3 Å². The number of hydrogen-bond donors (Lipinski definition) is 1. The van der Waals surface area contributed by atoms with Gasteiger partial charge in [0.15, 0.2) is 0 Å². The van der Waals surface area contributed by atoms with Gasteiger partial charge in [-0.15, -0.1) is 11.3 Å². The molecule has 21 heavy (non-hydrogen) atoms. The second kappa shape index (κ2) is 6.71. The second-order valence-corrected chi connectivity index (χ2v) is 7.27. The van der Waals surface area contributed by atoms with E-state index in [0.717, 1.165) is 18.9 Å². The third-order valence-corrected chi connectivity index (χ3v) is 5.68. The number of benzene rings is 1. The lowest BCUT2D eigenvalue weighted by Crippen LogP contribution is -2.09. The van der Waals surface area contributed by atoms with E-state index in [1.807, 2.05) is 18.4 Å². The van der Waals surface area contributed by atoms with E-state index in [1.165, 1.54) is 40.4 Å². The Balaban J connectivity index is 1.91. The Morgan fingerprint density at radius 1 is 1.24 bits per heavy atom. The highest BCUT2D eigenvalue weighted by molar-refractivity contribution is 7.12. The molecule has 0 amide bonds. The van der Waals surface area contributed by atoms with Crippen LogP contribution in [0.3, 0.4) is 0 Å². The summed E-state index contributed by atoms with van der Waals surface area (Å²) in [6, 6.07) is 10.6. The Morgan fingerprint density at radius 3 is 2.71 bits per heavy atom. The average Bonchev–Trinajstić information content (AvgIpc) is 3.12. The smallest absolute Gasteiger partial charge is 0.0966 e. The van der Waals surface area contributed by atoms with Gasteiger partial charge in [-0.2, -0.15) is 0 Å². The molecule has 0 spiro atoms. The summed E-state index contributed by atoms with van der Waals surface area (Å²) >= 11 is 1.94. The van der Waals surface area contributed by atoms with Crippen LogP contribution in [0.2, 0.25) is 0 Å². The molecule has 1 N–H and O–H groups in total. The maximum Gasteiger partial charge on any atom is 0.0966 e. The molecule has 2 nitrogen and oxygen atoms in total. The summed E-state index contributed by atoms with van der Waals surface area (Å²) in [7, 11) is 2.02. The van der Waals surface area contributed by atoms with Crippen molar-refractivity contribution < 1.29 is 0 Å². The van der Waals surface area contributed by atoms with Crippen molar-refractivity contribution in [1.82, 2.24) is 10.3 Å². The van der Waals surface area contributed by atoms with E-state index in [1.54, 1.807) is 0 Å². The molecular formula is C18H24N2S. The van der Waals surface area contributed by atoms with Crippen LogP contribution in [0, 0.1) is 5.92 Å². The fourth-order valence-corrected chi connectivity index (χ4v) is 4.44. The van der Waals surface area contributed by atoms with E-state index in [4.69, 9.17) is 4.98 Å². The number of nitrogens with zero attached hydrogens (tertiary/aromatic N) is 1. The Kier molecular flexibility index (Phi) is 4.71. The van der Waals surface area contributed by atoms with Crippen molar-refractivity contribution in [2.24, 2.45) is 5.92 Å². The predicted octanol–water partition coefficient (Wildman–Crippen LogP) is 4.48. The molecule has 2 atom stereocenters. The minimum atomic E-state index is 0.691. The zero-order chi connectivity index (χ0) is 14.7. The van der Waals surface area contributed by atoms with Gasteiger partial charge in [0.05, 0.1) is 10.7 Å². The number of likely N-dealkylation sites (N-methyl/N-ethyl adjacent to an activating group) is 1. The zero-order valence-electron chi connectivity index (χ0n) is 12.9. The van der Waals surface area contributed by atoms with Gasteiger partial charge >= 0.3 is 0 Å². The zero-order valence-corrected chi connectivity index (χ0v) is 13.7. The maximum absolute atomic E-state index is 5.04. The second-order valence-electron chi connectivity index (χ2n) is 6.16. The predicted molar refractivity (Wildman–Crippen MR) is 90.9 cm³/mol. The van der Waals surface area contributed by atoms with Crippen molar-refractivity contribution >= 4 is 11.3 Å². The van der Waals surface area contributed by atoms with Crippen molar-refractivity contribution in [2.45, 2.75) is 38.5 Å². The van der Waals surface area contributed by atoms with Gasteiger partial charge in [0.2, 0.25) is 0 Å². The quantitative estimate of drug-likeness (QED) is 0.881. The van der Waals surface area contributed by atoms with Crippen LogP contribution in [0.4, 0.5) is 0 Å². The first-order valence-electron chi connectivity index (χ1n) is 7.97. The largest absolute Gasteiger partial charge is 0.319 e. The molecule has 3 heteroatoms. The molecule has 2 unspecified atom stereocenters. The molecule has 3 rings (SSSR count). The van der Waals surface area contributed by atoms with Gasteiger partial charge in [-0.25, -0.2) is 4.98 Å². The molecule has 1 aliphatic carbocycles. The van der Waals surface area contributed by atoms with E-state index in [-0.39, 0.29) is 0 Å². The van der Waals surface area contributed by atoms with E-state index in [2.05, 4.69) is 42.6 Å². The van der Waals surface area contributed by atoms with E-state index in [9.17, 15) is 0 Å². The Labute approximate surface area is 131 Å². The molecule has 0 aliphatic heterocycles. The van der Waals surface area contributed by atoms with Crippen LogP contribution >= 0.6 is 11.3 Å². The van der Waals surface area contributed by atoms with Crippen LogP contribution in [-0.2, 0) is 6.42 Å². The van der Waals surface area contributed by atoms with Crippen molar-refractivity contribution in [3.8, 4) is 11.3 Å². The summed E-state index contributed by atoms with van der Waals surface area (Å²) < 4.78 is 0. The van der Waals surface area contributed by atoms with Crippen LogP contribution in [0.1, 0.15) is 42.0 Å². The SMILES string of the molecule is CNCCc1sc(C2CCC(C)C2)nc1-c1ccccc1.